The molecule has 2 rings (SSSR count). The van der Waals surface area contributed by atoms with Gasteiger partial charge in [-0.15, -0.1) is 11.6 Å². The molecule has 0 saturated carbocycles. The topological polar surface area (TPSA) is 20.3 Å². The summed E-state index contributed by atoms with van der Waals surface area (Å²) < 4.78 is 0. The zero-order valence-corrected chi connectivity index (χ0v) is 10.5. The Kier molecular flexibility index (Phi) is 4.21. The zero-order chi connectivity index (χ0) is 10.7. The van der Waals surface area contributed by atoms with E-state index in [1.165, 1.54) is 6.42 Å². The van der Waals surface area contributed by atoms with Crippen LogP contribution >= 0.6 is 23.4 Å². The highest BCUT2D eigenvalue weighted by Gasteiger charge is 2.30. The molecule has 2 aliphatic rings. The molecule has 1 amide bonds. The summed E-state index contributed by atoms with van der Waals surface area (Å²) in [6.45, 7) is 1.84. The number of carbonyl (C=O) groups is 1. The van der Waals surface area contributed by atoms with Gasteiger partial charge in [-0.2, -0.15) is 11.8 Å². The lowest BCUT2D eigenvalue weighted by molar-refractivity contribution is -0.136. The Morgan fingerprint density at radius 2 is 2.33 bits per heavy atom. The van der Waals surface area contributed by atoms with E-state index in [-0.39, 0.29) is 0 Å². The quantitative estimate of drug-likeness (QED) is 0.698. The van der Waals surface area contributed by atoms with Gasteiger partial charge < -0.3 is 4.90 Å². The van der Waals surface area contributed by atoms with Gasteiger partial charge in [0.1, 0.15) is 0 Å². The summed E-state index contributed by atoms with van der Waals surface area (Å²) in [5.41, 5.74) is 0. The number of alkyl halides is 1. The van der Waals surface area contributed by atoms with Crippen molar-refractivity contribution in [1.82, 2.24) is 4.90 Å². The summed E-state index contributed by atoms with van der Waals surface area (Å²) in [6, 6.07) is 0. The molecule has 15 heavy (non-hydrogen) atoms. The molecule has 0 aromatic carbocycles. The zero-order valence-electron chi connectivity index (χ0n) is 8.95. The molecular weight excluding hydrogens is 230 g/mol. The van der Waals surface area contributed by atoms with Crippen LogP contribution in [0.4, 0.5) is 0 Å². The van der Waals surface area contributed by atoms with E-state index in [0.717, 1.165) is 37.4 Å². The monoisotopic (exact) mass is 247 g/mol. The van der Waals surface area contributed by atoms with E-state index >= 15 is 0 Å². The molecule has 0 bridgehead atoms. The summed E-state index contributed by atoms with van der Waals surface area (Å²) >= 11 is 7.78. The van der Waals surface area contributed by atoms with Crippen molar-refractivity contribution in [3.63, 3.8) is 0 Å². The molecule has 0 radical (unpaired) electrons. The lowest BCUT2D eigenvalue weighted by Gasteiger charge is -2.33. The molecule has 0 spiro atoms. The number of amides is 1. The maximum atomic E-state index is 12.1. The number of hydrogen-bond acceptors (Lipinski definition) is 2. The second-order valence-corrected chi connectivity index (χ2v) is 5.97. The number of thioether (sulfide) groups is 1. The summed E-state index contributed by atoms with van der Waals surface area (Å²) in [5.74, 6) is 4.09. The van der Waals surface area contributed by atoms with Crippen molar-refractivity contribution in [2.45, 2.75) is 19.3 Å². The molecule has 2 unspecified atom stereocenters. The Morgan fingerprint density at radius 3 is 3.00 bits per heavy atom. The molecular formula is C11H18ClNOS. The Labute approximate surface area is 101 Å². The molecule has 0 aromatic heterocycles. The number of carbonyl (C=O) groups excluding carboxylic acids is 1. The van der Waals surface area contributed by atoms with Crippen LogP contribution in [-0.4, -0.2) is 41.3 Å². The first-order chi connectivity index (χ1) is 7.31. The van der Waals surface area contributed by atoms with Crippen molar-refractivity contribution in [3.8, 4) is 0 Å². The van der Waals surface area contributed by atoms with Crippen LogP contribution in [0.1, 0.15) is 19.3 Å². The number of hydrogen-bond donors (Lipinski definition) is 0. The van der Waals surface area contributed by atoms with E-state index in [1.807, 2.05) is 16.7 Å². The minimum Gasteiger partial charge on any atom is -0.342 e. The molecule has 0 aromatic rings. The molecule has 0 N–H and O–H groups in total. The molecule has 2 nitrogen and oxygen atoms in total. The van der Waals surface area contributed by atoms with Crippen LogP contribution in [0.5, 0.6) is 0 Å². The molecule has 2 fully saturated rings. The second-order valence-electron chi connectivity index (χ2n) is 4.51. The fourth-order valence-electron chi connectivity index (χ4n) is 2.38. The van der Waals surface area contributed by atoms with Crippen LogP contribution in [0.15, 0.2) is 0 Å². The van der Waals surface area contributed by atoms with E-state index in [2.05, 4.69) is 0 Å². The SMILES string of the molecule is O=C(C1CCSC1)N1CCCC(CCl)C1. The number of rotatable bonds is 2. The number of nitrogens with zero attached hydrogens (tertiary/aromatic N) is 1. The highest BCUT2D eigenvalue weighted by atomic mass is 35.5. The van der Waals surface area contributed by atoms with Crippen LogP contribution in [-0.2, 0) is 4.79 Å². The third-order valence-corrected chi connectivity index (χ3v) is 4.93. The first-order valence-corrected chi connectivity index (χ1v) is 7.42. The Morgan fingerprint density at radius 1 is 1.47 bits per heavy atom. The lowest BCUT2D eigenvalue weighted by Crippen LogP contribution is -2.43. The highest BCUT2D eigenvalue weighted by Crippen LogP contribution is 2.27. The van der Waals surface area contributed by atoms with Gasteiger partial charge in [0.05, 0.1) is 0 Å². The fourth-order valence-corrected chi connectivity index (χ4v) is 3.84. The van der Waals surface area contributed by atoms with Gasteiger partial charge in [-0.1, -0.05) is 0 Å². The Balaban J connectivity index is 1.88. The van der Waals surface area contributed by atoms with Crippen molar-refractivity contribution < 1.29 is 4.79 Å². The third kappa shape index (κ3) is 2.82. The second kappa shape index (κ2) is 5.44. The van der Waals surface area contributed by atoms with Crippen molar-refractivity contribution in [3.05, 3.63) is 0 Å². The first kappa shape index (κ1) is 11.6. The normalized spacial score (nSPS) is 31.9. The van der Waals surface area contributed by atoms with E-state index in [4.69, 9.17) is 11.6 Å². The largest absolute Gasteiger partial charge is 0.342 e. The van der Waals surface area contributed by atoms with Crippen LogP contribution in [0.25, 0.3) is 0 Å². The summed E-state index contributed by atoms with van der Waals surface area (Å²) in [7, 11) is 0. The minimum atomic E-state index is 0.295. The van der Waals surface area contributed by atoms with E-state index in [1.54, 1.807) is 0 Å². The lowest BCUT2D eigenvalue weighted by atomic mass is 9.98. The average Bonchev–Trinajstić information content (AvgIpc) is 2.81. The minimum absolute atomic E-state index is 0.295. The first-order valence-electron chi connectivity index (χ1n) is 5.73. The number of piperidine rings is 1. The molecule has 2 aliphatic heterocycles. The summed E-state index contributed by atoms with van der Waals surface area (Å²) in [4.78, 5) is 14.2. The fraction of sp³-hybridized carbons (Fsp3) is 0.909. The van der Waals surface area contributed by atoms with Crippen molar-refractivity contribution in [2.24, 2.45) is 11.8 Å². The molecule has 0 aliphatic carbocycles. The average molecular weight is 248 g/mol. The van der Waals surface area contributed by atoms with Crippen LogP contribution < -0.4 is 0 Å². The Bertz CT molecular complexity index is 231. The molecule has 2 saturated heterocycles. The van der Waals surface area contributed by atoms with Gasteiger partial charge in [0.15, 0.2) is 0 Å². The number of likely N-dealkylation sites (tertiary alicyclic amines) is 1. The summed E-state index contributed by atoms with van der Waals surface area (Å²) in [5, 5.41) is 0. The molecule has 4 heteroatoms. The predicted octanol–water partition coefficient (Wildman–Crippen LogP) is 2.22. The molecule has 2 heterocycles. The van der Waals surface area contributed by atoms with E-state index in [9.17, 15) is 4.79 Å². The van der Waals surface area contributed by atoms with Gasteiger partial charge in [0, 0.05) is 30.6 Å². The van der Waals surface area contributed by atoms with Gasteiger partial charge in [-0.05, 0) is 30.9 Å². The number of halogens is 1. The van der Waals surface area contributed by atoms with Crippen molar-refractivity contribution in [1.29, 1.82) is 0 Å². The maximum Gasteiger partial charge on any atom is 0.226 e. The predicted molar refractivity (Wildman–Crippen MR) is 65.5 cm³/mol. The highest BCUT2D eigenvalue weighted by molar-refractivity contribution is 7.99. The Hall–Kier alpha value is 0.110. The standard InChI is InChI=1S/C11H18ClNOS/c12-6-9-2-1-4-13(7-9)11(14)10-3-5-15-8-10/h9-10H,1-8H2. The van der Waals surface area contributed by atoms with Crippen molar-refractivity contribution in [2.75, 3.05) is 30.5 Å². The third-order valence-electron chi connectivity index (χ3n) is 3.33. The molecule has 86 valence electrons. The summed E-state index contributed by atoms with van der Waals surface area (Å²) in [6.07, 6.45) is 3.39. The molecule has 2 atom stereocenters. The van der Waals surface area contributed by atoms with Gasteiger partial charge in [-0.3, -0.25) is 4.79 Å². The maximum absolute atomic E-state index is 12.1. The van der Waals surface area contributed by atoms with Gasteiger partial charge >= 0.3 is 0 Å². The van der Waals surface area contributed by atoms with Crippen LogP contribution in [0, 0.1) is 11.8 Å². The van der Waals surface area contributed by atoms with Gasteiger partial charge in [0.2, 0.25) is 5.91 Å². The van der Waals surface area contributed by atoms with E-state index < -0.39 is 0 Å². The van der Waals surface area contributed by atoms with Gasteiger partial charge in [-0.25, -0.2) is 0 Å². The van der Waals surface area contributed by atoms with Crippen LogP contribution in [0.3, 0.4) is 0 Å². The van der Waals surface area contributed by atoms with Crippen molar-refractivity contribution >= 4 is 29.3 Å². The smallest absolute Gasteiger partial charge is 0.226 e. The van der Waals surface area contributed by atoms with Gasteiger partial charge in [0.25, 0.3) is 0 Å². The van der Waals surface area contributed by atoms with Crippen LogP contribution in [0.2, 0.25) is 0 Å². The van der Waals surface area contributed by atoms with E-state index in [0.29, 0.717) is 23.6 Å².